The average Bonchev–Trinajstić information content (AvgIpc) is 2.37. The molecule has 1 saturated heterocycles. The van der Waals surface area contributed by atoms with Gasteiger partial charge in [0.15, 0.2) is 0 Å². The van der Waals surface area contributed by atoms with Crippen molar-refractivity contribution in [2.45, 2.75) is 19.1 Å². The Hall–Kier alpha value is -0.320. The fourth-order valence-corrected chi connectivity index (χ4v) is 3.23. The molecule has 0 bridgehead atoms. The summed E-state index contributed by atoms with van der Waals surface area (Å²) >= 11 is 12.3. The highest BCUT2D eigenvalue weighted by molar-refractivity contribution is 6.34. The van der Waals surface area contributed by atoms with E-state index in [0.717, 1.165) is 31.8 Å². The fourth-order valence-electron chi connectivity index (χ4n) is 2.68. The van der Waals surface area contributed by atoms with E-state index >= 15 is 0 Å². The molecular weight excluding hydrogens is 283 g/mol. The van der Waals surface area contributed by atoms with Crippen LogP contribution in [0.3, 0.4) is 0 Å². The number of hydrogen-bond donors (Lipinski definition) is 1. The minimum absolute atomic E-state index is 0.119. The molecule has 0 radical (unpaired) electrons. The zero-order valence-electron chi connectivity index (χ0n) is 11.3. The summed E-state index contributed by atoms with van der Waals surface area (Å²) in [6.07, 6.45) is 0.119. The van der Waals surface area contributed by atoms with Crippen LogP contribution in [-0.4, -0.2) is 44.3 Å². The number of nitrogens with one attached hydrogen (secondary N) is 1. The van der Waals surface area contributed by atoms with Crippen LogP contribution >= 0.6 is 23.2 Å². The largest absolute Gasteiger partial charge is 0.374 e. The number of rotatable bonds is 4. The highest BCUT2D eigenvalue weighted by Crippen LogP contribution is 2.32. The predicted molar refractivity (Wildman–Crippen MR) is 80.1 cm³/mol. The maximum Gasteiger partial charge on any atom is 0.0896 e. The van der Waals surface area contributed by atoms with E-state index in [2.05, 4.69) is 17.1 Å². The summed E-state index contributed by atoms with van der Waals surface area (Å²) < 4.78 is 5.91. The summed E-state index contributed by atoms with van der Waals surface area (Å²) in [6, 6.07) is 5.93. The van der Waals surface area contributed by atoms with E-state index < -0.39 is 0 Å². The zero-order valence-corrected chi connectivity index (χ0v) is 12.8. The van der Waals surface area contributed by atoms with Crippen LogP contribution in [0.15, 0.2) is 18.2 Å². The molecule has 19 heavy (non-hydrogen) atoms. The Kier molecular flexibility index (Phi) is 5.48. The van der Waals surface area contributed by atoms with Crippen LogP contribution in [0.25, 0.3) is 0 Å². The number of halogens is 2. The van der Waals surface area contributed by atoms with E-state index in [1.807, 2.05) is 19.2 Å². The summed E-state index contributed by atoms with van der Waals surface area (Å²) in [7, 11) is 1.94. The van der Waals surface area contributed by atoms with Crippen LogP contribution in [0, 0.1) is 0 Å². The van der Waals surface area contributed by atoms with Gasteiger partial charge in [-0.2, -0.15) is 0 Å². The highest BCUT2D eigenvalue weighted by atomic mass is 35.5. The monoisotopic (exact) mass is 302 g/mol. The van der Waals surface area contributed by atoms with E-state index in [0.29, 0.717) is 10.0 Å². The molecule has 0 amide bonds. The molecule has 1 aromatic rings. The van der Waals surface area contributed by atoms with Crippen molar-refractivity contribution in [3.63, 3.8) is 0 Å². The van der Waals surface area contributed by atoms with Crippen molar-refractivity contribution in [1.29, 1.82) is 0 Å². The first kappa shape index (κ1) is 15.1. The second-order valence-corrected chi connectivity index (χ2v) is 5.62. The molecule has 2 rings (SSSR count). The van der Waals surface area contributed by atoms with Gasteiger partial charge >= 0.3 is 0 Å². The van der Waals surface area contributed by atoms with Gasteiger partial charge in [0, 0.05) is 23.1 Å². The standard InChI is InChI=1S/C14H20Cl2N2O/c1-3-18-4-5-19-13(9-17-2)14(18)10-6-11(15)8-12(16)7-10/h6-8,13-14,17H,3-5,9H2,1-2H3. The molecule has 106 valence electrons. The summed E-state index contributed by atoms with van der Waals surface area (Å²) in [6.45, 7) is 5.67. The first-order valence-corrected chi connectivity index (χ1v) is 7.37. The molecule has 0 saturated carbocycles. The molecule has 2 atom stereocenters. The minimum atomic E-state index is 0.119. The Morgan fingerprint density at radius 2 is 2.00 bits per heavy atom. The van der Waals surface area contributed by atoms with Crippen LogP contribution in [-0.2, 0) is 4.74 Å². The van der Waals surface area contributed by atoms with Gasteiger partial charge in [0.1, 0.15) is 0 Å². The molecule has 0 aliphatic carbocycles. The molecule has 1 aliphatic heterocycles. The number of hydrogen-bond acceptors (Lipinski definition) is 3. The Bertz CT molecular complexity index is 406. The quantitative estimate of drug-likeness (QED) is 0.925. The lowest BCUT2D eigenvalue weighted by Crippen LogP contribution is -2.48. The molecule has 0 spiro atoms. The third-order valence-corrected chi connectivity index (χ3v) is 3.93. The first-order chi connectivity index (χ1) is 9.15. The van der Waals surface area contributed by atoms with Crippen molar-refractivity contribution in [2.24, 2.45) is 0 Å². The van der Waals surface area contributed by atoms with Crippen molar-refractivity contribution >= 4 is 23.2 Å². The molecule has 1 heterocycles. The lowest BCUT2D eigenvalue weighted by Gasteiger charge is -2.41. The van der Waals surface area contributed by atoms with Gasteiger partial charge in [-0.05, 0) is 37.4 Å². The maximum atomic E-state index is 6.13. The molecule has 3 nitrogen and oxygen atoms in total. The van der Waals surface area contributed by atoms with Gasteiger partial charge in [0.25, 0.3) is 0 Å². The topological polar surface area (TPSA) is 24.5 Å². The molecule has 1 aliphatic rings. The van der Waals surface area contributed by atoms with Gasteiger partial charge in [-0.15, -0.1) is 0 Å². The maximum absolute atomic E-state index is 6.13. The first-order valence-electron chi connectivity index (χ1n) is 6.62. The third kappa shape index (κ3) is 3.61. The van der Waals surface area contributed by atoms with Gasteiger partial charge < -0.3 is 10.1 Å². The van der Waals surface area contributed by atoms with E-state index in [1.165, 1.54) is 0 Å². The van der Waals surface area contributed by atoms with Gasteiger partial charge in [0.2, 0.25) is 0 Å². The zero-order chi connectivity index (χ0) is 13.8. The van der Waals surface area contributed by atoms with Crippen molar-refractivity contribution in [3.8, 4) is 0 Å². The third-order valence-electron chi connectivity index (χ3n) is 3.49. The molecule has 1 aromatic carbocycles. The Labute approximate surface area is 124 Å². The van der Waals surface area contributed by atoms with Crippen molar-refractivity contribution < 1.29 is 4.74 Å². The fraction of sp³-hybridized carbons (Fsp3) is 0.571. The summed E-state index contributed by atoms with van der Waals surface area (Å²) in [5, 5.41) is 4.54. The second-order valence-electron chi connectivity index (χ2n) is 4.74. The van der Waals surface area contributed by atoms with E-state index in [9.17, 15) is 0 Å². The highest BCUT2D eigenvalue weighted by Gasteiger charge is 2.32. The molecular formula is C14H20Cl2N2O. The van der Waals surface area contributed by atoms with Crippen LogP contribution < -0.4 is 5.32 Å². The SMILES string of the molecule is CCN1CCOC(CNC)C1c1cc(Cl)cc(Cl)c1. The number of nitrogens with zero attached hydrogens (tertiary/aromatic N) is 1. The lowest BCUT2D eigenvalue weighted by atomic mass is 9.98. The number of ether oxygens (including phenoxy) is 1. The van der Waals surface area contributed by atoms with Crippen LogP contribution in [0.5, 0.6) is 0 Å². The van der Waals surface area contributed by atoms with Gasteiger partial charge in [-0.1, -0.05) is 30.1 Å². The number of benzene rings is 1. The molecule has 1 fully saturated rings. The lowest BCUT2D eigenvalue weighted by molar-refractivity contribution is -0.0686. The predicted octanol–water partition coefficient (Wildman–Crippen LogP) is 2.97. The van der Waals surface area contributed by atoms with Gasteiger partial charge in [-0.25, -0.2) is 0 Å². The summed E-state index contributed by atoms with van der Waals surface area (Å²) in [5.74, 6) is 0. The Morgan fingerprint density at radius 3 is 2.58 bits per heavy atom. The Balaban J connectivity index is 2.33. The van der Waals surface area contributed by atoms with Gasteiger partial charge in [0.05, 0.1) is 18.8 Å². The Morgan fingerprint density at radius 1 is 1.32 bits per heavy atom. The van der Waals surface area contributed by atoms with E-state index in [4.69, 9.17) is 27.9 Å². The van der Waals surface area contributed by atoms with E-state index in [1.54, 1.807) is 6.07 Å². The van der Waals surface area contributed by atoms with Crippen molar-refractivity contribution in [1.82, 2.24) is 10.2 Å². The van der Waals surface area contributed by atoms with Crippen molar-refractivity contribution in [2.75, 3.05) is 33.3 Å². The summed E-state index contributed by atoms with van der Waals surface area (Å²) in [4.78, 5) is 2.41. The normalized spacial score (nSPS) is 24.6. The van der Waals surface area contributed by atoms with Crippen LogP contribution in [0.2, 0.25) is 10.0 Å². The van der Waals surface area contributed by atoms with Gasteiger partial charge in [-0.3, -0.25) is 4.90 Å². The smallest absolute Gasteiger partial charge is 0.0896 e. The molecule has 5 heteroatoms. The number of likely N-dealkylation sites (N-methyl/N-ethyl adjacent to an activating group) is 2. The molecule has 2 unspecified atom stereocenters. The minimum Gasteiger partial charge on any atom is -0.374 e. The number of morpholine rings is 1. The molecule has 1 N–H and O–H groups in total. The van der Waals surface area contributed by atoms with Crippen LogP contribution in [0.4, 0.5) is 0 Å². The molecule has 0 aromatic heterocycles. The van der Waals surface area contributed by atoms with E-state index in [-0.39, 0.29) is 12.1 Å². The van der Waals surface area contributed by atoms with Crippen molar-refractivity contribution in [3.05, 3.63) is 33.8 Å². The van der Waals surface area contributed by atoms with Crippen LogP contribution in [0.1, 0.15) is 18.5 Å². The average molecular weight is 303 g/mol. The summed E-state index contributed by atoms with van der Waals surface area (Å²) in [5.41, 5.74) is 1.12. The second kappa shape index (κ2) is 6.91.